The predicted octanol–water partition coefficient (Wildman–Crippen LogP) is 1.57. The molecule has 0 radical (unpaired) electrons. The Hall–Kier alpha value is -1.75. The lowest BCUT2D eigenvalue weighted by molar-refractivity contribution is -0.231. The van der Waals surface area contributed by atoms with E-state index in [0.717, 1.165) is 11.1 Å². The van der Waals surface area contributed by atoms with Crippen molar-refractivity contribution in [3.8, 4) is 5.75 Å². The average molecular weight is 510 g/mol. The number of halogens is 1. The summed E-state index contributed by atoms with van der Waals surface area (Å²) in [5.41, 5.74) is 2.27. The summed E-state index contributed by atoms with van der Waals surface area (Å²) in [6, 6.07) is 12.6. The number of aliphatic hydroxyl groups excluding tert-OH is 5. The number of aliphatic hydroxyl groups is 5. The molecule has 194 valence electrons. The molecule has 1 aliphatic rings. The summed E-state index contributed by atoms with van der Waals surface area (Å²) in [5.74, 6) is 0.643. The molecule has 1 fully saturated rings. The van der Waals surface area contributed by atoms with Crippen molar-refractivity contribution in [3.63, 3.8) is 0 Å². The topological polar surface area (TPSA) is 132 Å². The van der Waals surface area contributed by atoms with Crippen molar-refractivity contribution < 1.29 is 35.0 Å². The summed E-state index contributed by atoms with van der Waals surface area (Å²) >= 11 is 6.42. The Balaban J connectivity index is 1.64. The number of β-amino-alcohol motifs (C(OH)–C–C–N with tert-alkyl or cyclic N) is 1. The lowest BCUT2D eigenvalue weighted by atomic mass is 9.90. The predicted molar refractivity (Wildman–Crippen MR) is 133 cm³/mol. The lowest BCUT2D eigenvalue weighted by Crippen LogP contribution is -2.55. The van der Waals surface area contributed by atoms with Gasteiger partial charge in [-0.3, -0.25) is 0 Å². The molecule has 3 rings (SSSR count). The Morgan fingerprint density at radius 1 is 1.03 bits per heavy atom. The summed E-state index contributed by atoms with van der Waals surface area (Å²) in [6.07, 6.45) is -6.23. The summed E-state index contributed by atoms with van der Waals surface area (Å²) in [6.45, 7) is 6.22. The SMILES string of the molecule is CC(C)(C)NC[C@@H](O)COc1ccc(Cc2cc([C@@H]3O[C@H](CO)[C@@H](O)[C@H](O)[C@H]3O)ccc2Cl)cc1. The van der Waals surface area contributed by atoms with Crippen molar-refractivity contribution in [2.45, 2.75) is 69.4 Å². The molecule has 0 aromatic heterocycles. The summed E-state index contributed by atoms with van der Waals surface area (Å²) in [5, 5.41) is 53.9. The number of hydrogen-bond donors (Lipinski definition) is 6. The number of ether oxygens (including phenoxy) is 2. The summed E-state index contributed by atoms with van der Waals surface area (Å²) in [4.78, 5) is 0. The third-order valence-corrected chi connectivity index (χ3v) is 6.29. The molecule has 1 saturated heterocycles. The Morgan fingerprint density at radius 2 is 1.71 bits per heavy atom. The monoisotopic (exact) mass is 509 g/mol. The van der Waals surface area contributed by atoms with Crippen LogP contribution in [0.3, 0.4) is 0 Å². The maximum atomic E-state index is 10.4. The molecule has 0 amide bonds. The van der Waals surface area contributed by atoms with Gasteiger partial charge in [0.1, 0.15) is 49.0 Å². The number of hydrogen-bond acceptors (Lipinski definition) is 8. The van der Waals surface area contributed by atoms with Gasteiger partial charge in [-0.2, -0.15) is 0 Å². The molecule has 0 saturated carbocycles. The van der Waals surface area contributed by atoms with Gasteiger partial charge >= 0.3 is 0 Å². The van der Waals surface area contributed by atoms with Crippen LogP contribution in [0.15, 0.2) is 42.5 Å². The van der Waals surface area contributed by atoms with E-state index in [1.807, 2.05) is 45.0 Å². The molecule has 9 heteroatoms. The fraction of sp³-hybridized carbons (Fsp3) is 0.538. The van der Waals surface area contributed by atoms with E-state index >= 15 is 0 Å². The van der Waals surface area contributed by atoms with Crippen LogP contribution in [0, 0.1) is 0 Å². The lowest BCUT2D eigenvalue weighted by Gasteiger charge is -2.40. The number of nitrogens with one attached hydrogen (secondary N) is 1. The molecule has 2 aromatic carbocycles. The average Bonchev–Trinajstić information content (AvgIpc) is 2.82. The molecule has 0 aliphatic carbocycles. The second-order valence-corrected chi connectivity index (χ2v) is 10.4. The first-order chi connectivity index (χ1) is 16.5. The molecule has 2 aromatic rings. The zero-order valence-corrected chi connectivity index (χ0v) is 21.0. The third kappa shape index (κ3) is 7.62. The molecular weight excluding hydrogens is 474 g/mol. The summed E-state index contributed by atoms with van der Waals surface area (Å²) in [7, 11) is 0. The minimum Gasteiger partial charge on any atom is -0.491 e. The van der Waals surface area contributed by atoms with E-state index < -0.39 is 43.2 Å². The van der Waals surface area contributed by atoms with E-state index in [1.54, 1.807) is 18.2 Å². The maximum Gasteiger partial charge on any atom is 0.119 e. The Kier molecular flexibility index (Phi) is 9.53. The van der Waals surface area contributed by atoms with Gasteiger partial charge in [0, 0.05) is 17.1 Å². The third-order valence-electron chi connectivity index (χ3n) is 5.92. The van der Waals surface area contributed by atoms with Crippen LogP contribution >= 0.6 is 11.6 Å². The van der Waals surface area contributed by atoms with E-state index in [2.05, 4.69) is 5.32 Å². The van der Waals surface area contributed by atoms with Crippen LogP contribution in [0.1, 0.15) is 43.6 Å². The van der Waals surface area contributed by atoms with Crippen LogP contribution in [-0.2, 0) is 11.2 Å². The van der Waals surface area contributed by atoms with Gasteiger partial charge in [-0.1, -0.05) is 35.9 Å². The van der Waals surface area contributed by atoms with E-state index in [1.165, 1.54) is 0 Å². The highest BCUT2D eigenvalue weighted by molar-refractivity contribution is 6.31. The van der Waals surface area contributed by atoms with E-state index in [0.29, 0.717) is 29.3 Å². The van der Waals surface area contributed by atoms with Crippen LogP contribution in [-0.4, -0.2) is 81.3 Å². The van der Waals surface area contributed by atoms with E-state index in [-0.39, 0.29) is 12.1 Å². The molecule has 0 unspecified atom stereocenters. The van der Waals surface area contributed by atoms with Crippen molar-refractivity contribution in [1.82, 2.24) is 5.32 Å². The van der Waals surface area contributed by atoms with Gasteiger partial charge in [0.25, 0.3) is 0 Å². The van der Waals surface area contributed by atoms with Crippen molar-refractivity contribution in [2.24, 2.45) is 0 Å². The minimum absolute atomic E-state index is 0.0794. The standard InChI is InChI=1S/C26H36ClNO7/c1-26(2,3)28-12-18(30)14-34-19-7-4-15(5-8-19)10-17-11-16(6-9-20(17)27)25-24(33)23(32)22(31)21(13-29)35-25/h4-9,11,18,21-25,28-33H,10,12-14H2,1-3H3/t18-,21-,22-,23+,24-,25+/m1/s1. The summed E-state index contributed by atoms with van der Waals surface area (Å²) < 4.78 is 11.4. The van der Waals surface area contributed by atoms with Gasteiger partial charge < -0.3 is 40.3 Å². The first-order valence-electron chi connectivity index (χ1n) is 11.7. The Labute approximate surface area is 211 Å². The molecule has 0 bridgehead atoms. The smallest absolute Gasteiger partial charge is 0.119 e. The van der Waals surface area contributed by atoms with Crippen LogP contribution in [0.2, 0.25) is 5.02 Å². The van der Waals surface area contributed by atoms with Crippen LogP contribution in [0.5, 0.6) is 5.75 Å². The van der Waals surface area contributed by atoms with Crippen LogP contribution < -0.4 is 10.1 Å². The van der Waals surface area contributed by atoms with Gasteiger partial charge in [-0.05, 0) is 62.1 Å². The van der Waals surface area contributed by atoms with E-state index in [4.69, 9.17) is 21.1 Å². The fourth-order valence-corrected chi connectivity index (χ4v) is 4.07. The zero-order chi connectivity index (χ0) is 25.8. The zero-order valence-electron chi connectivity index (χ0n) is 20.3. The number of rotatable bonds is 9. The molecule has 6 atom stereocenters. The maximum absolute atomic E-state index is 10.4. The molecular formula is C26H36ClNO7. The largest absolute Gasteiger partial charge is 0.491 e. The number of benzene rings is 2. The van der Waals surface area contributed by atoms with Gasteiger partial charge in [-0.15, -0.1) is 0 Å². The highest BCUT2D eigenvalue weighted by Gasteiger charge is 2.44. The van der Waals surface area contributed by atoms with Gasteiger partial charge in [0.05, 0.1) is 6.61 Å². The molecule has 8 nitrogen and oxygen atoms in total. The van der Waals surface area contributed by atoms with Gasteiger partial charge in [0.15, 0.2) is 0 Å². The Morgan fingerprint density at radius 3 is 2.34 bits per heavy atom. The molecule has 0 spiro atoms. The molecule has 1 aliphatic heterocycles. The van der Waals surface area contributed by atoms with Gasteiger partial charge in [0.2, 0.25) is 0 Å². The molecule has 35 heavy (non-hydrogen) atoms. The minimum atomic E-state index is -1.44. The van der Waals surface area contributed by atoms with Crippen molar-refractivity contribution >= 4 is 11.6 Å². The quantitative estimate of drug-likeness (QED) is 0.300. The van der Waals surface area contributed by atoms with E-state index in [9.17, 15) is 25.5 Å². The second-order valence-electron chi connectivity index (χ2n) is 10.0. The highest BCUT2D eigenvalue weighted by atomic mass is 35.5. The van der Waals surface area contributed by atoms with Crippen LogP contribution in [0.25, 0.3) is 0 Å². The van der Waals surface area contributed by atoms with Crippen molar-refractivity contribution in [3.05, 3.63) is 64.2 Å². The van der Waals surface area contributed by atoms with Crippen molar-refractivity contribution in [1.29, 1.82) is 0 Å². The Bertz CT molecular complexity index is 948. The fourth-order valence-electron chi connectivity index (χ4n) is 3.88. The second kappa shape index (κ2) is 12.0. The van der Waals surface area contributed by atoms with Crippen LogP contribution in [0.4, 0.5) is 0 Å². The first kappa shape index (κ1) is 27.8. The normalized spacial score (nSPS) is 25.9. The van der Waals surface area contributed by atoms with Gasteiger partial charge in [-0.25, -0.2) is 0 Å². The first-order valence-corrected chi connectivity index (χ1v) is 12.1. The highest BCUT2D eigenvalue weighted by Crippen LogP contribution is 2.34. The molecule has 6 N–H and O–H groups in total. The molecule has 1 heterocycles. The van der Waals surface area contributed by atoms with Crippen molar-refractivity contribution in [2.75, 3.05) is 19.8 Å².